The van der Waals surface area contributed by atoms with E-state index in [4.69, 9.17) is 0 Å². The number of rotatable bonds is 16. The van der Waals surface area contributed by atoms with Crippen LogP contribution in [0.15, 0.2) is 95.7 Å². The van der Waals surface area contributed by atoms with Gasteiger partial charge in [-0.3, -0.25) is 0 Å². The predicted octanol–water partition coefficient (Wildman–Crippen LogP) is 12.9. The molecule has 280 valence electrons. The Balaban J connectivity index is 1.47. The minimum atomic E-state index is 0.894. The van der Waals surface area contributed by atoms with Gasteiger partial charge in [0.15, 0.2) is 0 Å². The van der Waals surface area contributed by atoms with Crippen LogP contribution in [-0.4, -0.2) is 0 Å². The molecule has 1 aliphatic rings. The molecule has 0 fully saturated rings. The van der Waals surface area contributed by atoms with Crippen molar-refractivity contribution in [2.24, 2.45) is 0 Å². The average Bonchev–Trinajstić information content (AvgIpc) is 4.06. The Labute approximate surface area is 348 Å². The molecule has 0 amide bonds. The summed E-state index contributed by atoms with van der Waals surface area (Å²) in [6.45, 7) is 9.03. The van der Waals surface area contributed by atoms with Crippen LogP contribution in [0.1, 0.15) is 98.6 Å². The van der Waals surface area contributed by atoms with Gasteiger partial charge in [0.1, 0.15) is 0 Å². The number of unbranched alkanes of at least 4 members (excludes halogenated alkanes) is 4. The van der Waals surface area contributed by atoms with Gasteiger partial charge >= 0.3 is 0 Å². The van der Waals surface area contributed by atoms with Crippen LogP contribution in [0.3, 0.4) is 0 Å². The van der Waals surface area contributed by atoms with Gasteiger partial charge in [-0.25, -0.2) is 0 Å². The monoisotopic (exact) mass is 800 g/mol. The number of aryl methyl sites for hydroxylation is 4. The van der Waals surface area contributed by atoms with E-state index in [2.05, 4.69) is 146 Å². The largest absolute Gasteiger partial charge is 0.140 e. The summed E-state index contributed by atoms with van der Waals surface area (Å²) < 4.78 is 0. The highest BCUT2D eigenvalue weighted by Gasteiger charge is 2.15. The summed E-state index contributed by atoms with van der Waals surface area (Å²) in [6.07, 6.45) is 14.1. The van der Waals surface area contributed by atoms with Gasteiger partial charge in [0.2, 0.25) is 0 Å². The molecule has 4 heterocycles. The first-order chi connectivity index (χ1) is 27.6. The summed E-state index contributed by atoms with van der Waals surface area (Å²) in [4.78, 5) is 10.8. The molecule has 0 saturated carbocycles. The van der Waals surface area contributed by atoms with E-state index < -0.39 is 0 Å². The maximum Gasteiger partial charge on any atom is 0.0419 e. The first-order valence-corrected chi connectivity index (χ1v) is 23.6. The Kier molecular flexibility index (Phi) is 13.9. The first kappa shape index (κ1) is 39.7. The van der Waals surface area contributed by atoms with Gasteiger partial charge in [-0.1, -0.05) is 76.3 Å². The molecule has 6 aromatic rings. The van der Waals surface area contributed by atoms with Crippen molar-refractivity contribution < 1.29 is 0 Å². The highest BCUT2D eigenvalue weighted by molar-refractivity contribution is 7.17. The van der Waals surface area contributed by atoms with E-state index in [1.165, 1.54) is 113 Å². The van der Waals surface area contributed by atoms with Crippen molar-refractivity contribution in [1.82, 2.24) is 0 Å². The normalized spacial score (nSPS) is 11.4. The molecular formula is C52H48S4. The summed E-state index contributed by atoms with van der Waals surface area (Å²) in [5.41, 5.74) is 31.6. The summed E-state index contributed by atoms with van der Waals surface area (Å²) in [6, 6.07) is 27.3. The smallest absolute Gasteiger partial charge is 0.0419 e. The Morgan fingerprint density at radius 2 is 0.571 bits per heavy atom. The molecule has 0 bridgehead atoms. The van der Waals surface area contributed by atoms with Crippen LogP contribution in [0.5, 0.6) is 0 Å². The highest BCUT2D eigenvalue weighted by Crippen LogP contribution is 2.40. The van der Waals surface area contributed by atoms with Gasteiger partial charge in [0.25, 0.3) is 0 Å². The van der Waals surface area contributed by atoms with Gasteiger partial charge in [0.05, 0.1) is 0 Å². The first-order valence-electron chi connectivity index (χ1n) is 20.3. The van der Waals surface area contributed by atoms with E-state index in [9.17, 15) is 0 Å². The van der Waals surface area contributed by atoms with Crippen molar-refractivity contribution in [1.29, 1.82) is 0 Å². The van der Waals surface area contributed by atoms with Crippen molar-refractivity contribution in [2.75, 3.05) is 0 Å². The summed E-state index contributed by atoms with van der Waals surface area (Å²) >= 11 is 7.61. The van der Waals surface area contributed by atoms with Gasteiger partial charge in [0, 0.05) is 82.1 Å². The maximum atomic E-state index is 3.44. The topological polar surface area (TPSA) is 0 Å². The fraction of sp³-hybridized carbons (Fsp3) is 0.308. The molecule has 0 radical (unpaired) electrons. The Hall–Kier alpha value is -4.52. The number of hydrogen-bond acceptors (Lipinski definition) is 4. The SMILES string of the molecule is CCCCc1ccc(-c2cc3c(cc2-c2ccc(CCCC)s2)=C=C=C=C=c2cc(-c4ccc(CCCC)s4)c(-c4ccc(CCCC)s4)cc2=C=C=C=C=3)s1. The minimum Gasteiger partial charge on any atom is -0.140 e. The van der Waals surface area contributed by atoms with E-state index >= 15 is 0 Å². The summed E-state index contributed by atoms with van der Waals surface area (Å²) in [5.74, 6) is 0. The van der Waals surface area contributed by atoms with Gasteiger partial charge in [-0.2, -0.15) is 0 Å². The van der Waals surface area contributed by atoms with E-state index in [1.807, 2.05) is 45.3 Å². The lowest BCUT2D eigenvalue weighted by Gasteiger charge is -2.07. The van der Waals surface area contributed by atoms with Crippen molar-refractivity contribution in [3.05, 3.63) is 136 Å². The third kappa shape index (κ3) is 9.70. The summed E-state index contributed by atoms with van der Waals surface area (Å²) in [5, 5.41) is 3.57. The molecule has 0 unspecified atom stereocenters. The molecular weight excluding hydrogens is 753 g/mol. The third-order valence-corrected chi connectivity index (χ3v) is 14.8. The predicted molar refractivity (Wildman–Crippen MR) is 247 cm³/mol. The zero-order chi connectivity index (χ0) is 38.7. The van der Waals surface area contributed by atoms with Crippen LogP contribution >= 0.6 is 45.3 Å². The van der Waals surface area contributed by atoms with Crippen LogP contribution in [0.4, 0.5) is 0 Å². The van der Waals surface area contributed by atoms with Gasteiger partial charge in [-0.15, -0.1) is 45.3 Å². The third-order valence-electron chi connectivity index (χ3n) is 10.0. The minimum absolute atomic E-state index is 0.894. The van der Waals surface area contributed by atoms with E-state index in [1.54, 1.807) is 0 Å². The average molecular weight is 801 g/mol. The Morgan fingerprint density at radius 3 is 0.786 bits per heavy atom. The second-order valence-corrected chi connectivity index (χ2v) is 19.0. The van der Waals surface area contributed by atoms with E-state index in [0.717, 1.165) is 46.6 Å². The Bertz CT molecular complexity index is 2460. The van der Waals surface area contributed by atoms with Crippen LogP contribution in [0.2, 0.25) is 0 Å². The highest BCUT2D eigenvalue weighted by atomic mass is 32.1. The van der Waals surface area contributed by atoms with Crippen LogP contribution in [-0.2, 0) is 25.7 Å². The van der Waals surface area contributed by atoms with E-state index in [-0.39, 0.29) is 0 Å². The van der Waals surface area contributed by atoms with Crippen molar-refractivity contribution in [2.45, 2.75) is 105 Å². The molecule has 7 rings (SSSR count). The lowest BCUT2D eigenvalue weighted by molar-refractivity contribution is 0.804. The zero-order valence-corrected chi connectivity index (χ0v) is 36.3. The maximum absolute atomic E-state index is 3.44. The Morgan fingerprint density at radius 1 is 0.339 bits per heavy atom. The molecule has 0 spiro atoms. The van der Waals surface area contributed by atoms with Gasteiger partial charge in [-0.05, 0) is 147 Å². The number of benzene rings is 2. The van der Waals surface area contributed by atoms with Crippen molar-refractivity contribution in [3.8, 4) is 41.8 Å². The fourth-order valence-corrected chi connectivity index (χ4v) is 11.2. The zero-order valence-electron chi connectivity index (χ0n) is 33.0. The molecule has 0 aliphatic heterocycles. The second kappa shape index (κ2) is 19.6. The quantitative estimate of drug-likeness (QED) is 0.0854. The van der Waals surface area contributed by atoms with Gasteiger partial charge < -0.3 is 0 Å². The van der Waals surface area contributed by atoms with Crippen molar-refractivity contribution >= 4 is 68.3 Å². The molecule has 0 N–H and O–H groups in total. The lowest BCUT2D eigenvalue weighted by Crippen LogP contribution is -2.23. The standard InChI is InChI=1S/C52H48S4/c1-5-9-21-41-25-29-49(53-41)45-33-37-17-13-14-19-39-35-47(51-31-27-43(55-51)23-11-7-3)48(52-32-28-44(56-52)24-12-8-4)36-40(39)20-16-15-18-38(37)34-46(45)50-30-26-42(54-50)22-10-6-2/h25-36H,5-12,21-24H2,1-4H3. The fourth-order valence-electron chi connectivity index (χ4n) is 6.85. The number of fused-ring (bicyclic) bond motifs is 2. The molecule has 4 heteroatoms. The molecule has 56 heavy (non-hydrogen) atoms. The van der Waals surface area contributed by atoms with Crippen LogP contribution in [0.25, 0.3) is 64.7 Å². The van der Waals surface area contributed by atoms with Crippen LogP contribution < -0.4 is 20.9 Å². The molecule has 4 aromatic heterocycles. The summed E-state index contributed by atoms with van der Waals surface area (Å²) in [7, 11) is 0. The molecule has 0 saturated heterocycles. The molecule has 1 aliphatic carbocycles. The number of thiophene rings is 4. The second-order valence-electron chi connectivity index (χ2n) is 14.4. The number of hydrogen-bond donors (Lipinski definition) is 0. The van der Waals surface area contributed by atoms with Crippen LogP contribution in [0, 0.1) is 0 Å². The lowest BCUT2D eigenvalue weighted by atomic mass is 10.0. The molecule has 2 aromatic carbocycles. The van der Waals surface area contributed by atoms with E-state index in [0.29, 0.717) is 0 Å². The van der Waals surface area contributed by atoms with Crippen molar-refractivity contribution in [3.63, 3.8) is 0 Å². The molecule has 0 nitrogen and oxygen atoms in total. The molecule has 0 atom stereocenters.